The molecule has 0 aromatic carbocycles. The first-order chi connectivity index (χ1) is 3.86. The maximum Gasteiger partial charge on any atom is 0.0205 e. The Morgan fingerprint density at radius 1 is 1.50 bits per heavy atom. The van der Waals surface area contributed by atoms with Crippen molar-refractivity contribution in [2.24, 2.45) is 5.92 Å². The first-order valence-electron chi connectivity index (χ1n) is 2.94. The molecule has 2 aliphatic carbocycles. The highest BCUT2D eigenvalue weighted by Gasteiger charge is 2.20. The van der Waals surface area contributed by atoms with Gasteiger partial charge in [0.15, 0.2) is 0 Å². The van der Waals surface area contributed by atoms with Crippen LogP contribution in [0.2, 0.25) is 0 Å². The topological polar surface area (TPSA) is 0 Å². The van der Waals surface area contributed by atoms with Gasteiger partial charge in [0.05, 0.1) is 0 Å². The monoisotopic (exact) mass is 104 g/mol. The van der Waals surface area contributed by atoms with Gasteiger partial charge < -0.3 is 0 Å². The van der Waals surface area contributed by atoms with Crippen molar-refractivity contribution in [3.05, 3.63) is 35.5 Å². The summed E-state index contributed by atoms with van der Waals surface area (Å²) in [7, 11) is 0. The van der Waals surface area contributed by atoms with Gasteiger partial charge in [-0.25, -0.2) is 0 Å². The molecule has 0 aromatic rings. The highest BCUT2D eigenvalue weighted by molar-refractivity contribution is 5.50. The molecule has 0 fully saturated rings. The number of allylic oxidation sites excluding steroid dienone is 6. The molecule has 0 heteroatoms. The standard InChI is InChI=1S/C8H8/c1-6-2-3-7-5-8(7)4-6/h2-5,7H,1H3. The van der Waals surface area contributed by atoms with Crippen LogP contribution < -0.4 is 0 Å². The van der Waals surface area contributed by atoms with Crippen LogP contribution in [0.4, 0.5) is 0 Å². The quantitative estimate of drug-likeness (QED) is 0.441. The second-order valence-electron chi connectivity index (χ2n) is 2.44. The normalized spacial score (nSPS) is 30.9. The van der Waals surface area contributed by atoms with Gasteiger partial charge in [0.1, 0.15) is 0 Å². The second-order valence-corrected chi connectivity index (χ2v) is 2.44. The average Bonchev–Trinajstić information content (AvgIpc) is 2.43. The number of hydrogen-bond donors (Lipinski definition) is 0. The lowest BCUT2D eigenvalue weighted by Gasteiger charge is -1.96. The van der Waals surface area contributed by atoms with E-state index in [1.165, 1.54) is 11.1 Å². The molecule has 0 aromatic heterocycles. The van der Waals surface area contributed by atoms with Gasteiger partial charge in [-0.1, -0.05) is 29.9 Å². The predicted molar refractivity (Wildman–Crippen MR) is 34.5 cm³/mol. The molecule has 0 N–H and O–H groups in total. The maximum atomic E-state index is 2.27. The third-order valence-electron chi connectivity index (χ3n) is 1.61. The summed E-state index contributed by atoms with van der Waals surface area (Å²) in [6, 6.07) is 0. The van der Waals surface area contributed by atoms with Crippen LogP contribution >= 0.6 is 0 Å². The summed E-state index contributed by atoms with van der Waals surface area (Å²) < 4.78 is 0. The maximum absolute atomic E-state index is 2.27. The minimum atomic E-state index is 0.721. The molecule has 0 amide bonds. The van der Waals surface area contributed by atoms with Crippen molar-refractivity contribution in [3.8, 4) is 0 Å². The van der Waals surface area contributed by atoms with Crippen molar-refractivity contribution in [3.63, 3.8) is 0 Å². The molecule has 0 saturated heterocycles. The van der Waals surface area contributed by atoms with E-state index >= 15 is 0 Å². The second kappa shape index (κ2) is 1.13. The van der Waals surface area contributed by atoms with Crippen molar-refractivity contribution < 1.29 is 0 Å². The minimum absolute atomic E-state index is 0.721. The van der Waals surface area contributed by atoms with E-state index in [2.05, 4.69) is 31.2 Å². The van der Waals surface area contributed by atoms with Crippen LogP contribution in [0.5, 0.6) is 0 Å². The predicted octanol–water partition coefficient (Wildman–Crippen LogP) is 2.06. The fraction of sp³-hybridized carbons (Fsp3) is 0.250. The zero-order chi connectivity index (χ0) is 5.56. The molecule has 2 rings (SSSR count). The number of fused-ring (bicyclic) bond motifs is 1. The molecule has 0 heterocycles. The van der Waals surface area contributed by atoms with Gasteiger partial charge in [0.25, 0.3) is 0 Å². The van der Waals surface area contributed by atoms with E-state index < -0.39 is 0 Å². The Hall–Kier alpha value is -0.780. The molecule has 0 bridgehead atoms. The van der Waals surface area contributed by atoms with E-state index in [0.717, 1.165) is 5.92 Å². The number of rotatable bonds is 0. The fourth-order valence-electron chi connectivity index (χ4n) is 1.04. The lowest BCUT2D eigenvalue weighted by atomic mass is 10.1. The molecule has 0 aliphatic heterocycles. The van der Waals surface area contributed by atoms with Crippen molar-refractivity contribution in [1.82, 2.24) is 0 Å². The molecule has 40 valence electrons. The molecule has 2 aliphatic rings. The van der Waals surface area contributed by atoms with Gasteiger partial charge in [0, 0.05) is 5.92 Å². The SMILES string of the molecule is CC1=CC2=CC2C=C1. The molecule has 1 atom stereocenters. The van der Waals surface area contributed by atoms with Crippen molar-refractivity contribution >= 4 is 0 Å². The van der Waals surface area contributed by atoms with Crippen LogP contribution in [0.3, 0.4) is 0 Å². The summed E-state index contributed by atoms with van der Waals surface area (Å²) >= 11 is 0. The highest BCUT2D eigenvalue weighted by atomic mass is 14.2. The average molecular weight is 104 g/mol. The zero-order valence-corrected chi connectivity index (χ0v) is 4.89. The van der Waals surface area contributed by atoms with Crippen molar-refractivity contribution in [2.45, 2.75) is 6.92 Å². The summed E-state index contributed by atoms with van der Waals surface area (Å²) in [5.41, 5.74) is 2.88. The van der Waals surface area contributed by atoms with Crippen molar-refractivity contribution in [2.75, 3.05) is 0 Å². The first-order valence-corrected chi connectivity index (χ1v) is 2.94. The summed E-state index contributed by atoms with van der Waals surface area (Å²) in [4.78, 5) is 0. The van der Waals surface area contributed by atoms with Crippen molar-refractivity contribution in [1.29, 1.82) is 0 Å². The first kappa shape index (κ1) is 4.13. The van der Waals surface area contributed by atoms with E-state index in [4.69, 9.17) is 0 Å². The van der Waals surface area contributed by atoms with Gasteiger partial charge in [-0.3, -0.25) is 0 Å². The van der Waals surface area contributed by atoms with Crippen LogP contribution in [-0.2, 0) is 0 Å². The van der Waals surface area contributed by atoms with E-state index in [-0.39, 0.29) is 0 Å². The van der Waals surface area contributed by atoms with Gasteiger partial charge in [-0.15, -0.1) is 0 Å². The minimum Gasteiger partial charge on any atom is -0.0730 e. The Labute approximate surface area is 49.2 Å². The molecule has 0 radical (unpaired) electrons. The van der Waals surface area contributed by atoms with Crippen LogP contribution in [0, 0.1) is 5.92 Å². The zero-order valence-electron chi connectivity index (χ0n) is 4.89. The summed E-state index contributed by atoms with van der Waals surface area (Å²) in [5, 5.41) is 0. The van der Waals surface area contributed by atoms with Gasteiger partial charge in [-0.2, -0.15) is 0 Å². The molecule has 0 saturated carbocycles. The Bertz CT molecular complexity index is 204. The fourth-order valence-corrected chi connectivity index (χ4v) is 1.04. The van der Waals surface area contributed by atoms with Crippen LogP contribution in [0.1, 0.15) is 6.92 Å². The molecule has 0 nitrogen and oxygen atoms in total. The van der Waals surface area contributed by atoms with Crippen LogP contribution in [0.15, 0.2) is 35.5 Å². The third kappa shape index (κ3) is 0.460. The van der Waals surface area contributed by atoms with E-state index in [1.807, 2.05) is 0 Å². The van der Waals surface area contributed by atoms with Gasteiger partial charge >= 0.3 is 0 Å². The molecule has 1 unspecified atom stereocenters. The van der Waals surface area contributed by atoms with E-state index in [1.54, 1.807) is 0 Å². The van der Waals surface area contributed by atoms with Crippen LogP contribution in [-0.4, -0.2) is 0 Å². The lowest BCUT2D eigenvalue weighted by molar-refractivity contribution is 1.17. The molecular formula is C8H8. The summed E-state index contributed by atoms with van der Waals surface area (Å²) in [5.74, 6) is 0.721. The Balaban J connectivity index is 2.37. The molecular weight excluding hydrogens is 96.1 g/mol. The molecule has 0 spiro atoms. The van der Waals surface area contributed by atoms with Gasteiger partial charge in [-0.05, 0) is 12.5 Å². The number of hydrogen-bond acceptors (Lipinski definition) is 0. The molecule has 8 heavy (non-hydrogen) atoms. The largest absolute Gasteiger partial charge is 0.0730 e. The van der Waals surface area contributed by atoms with Crippen LogP contribution in [0.25, 0.3) is 0 Å². The van der Waals surface area contributed by atoms with E-state index in [9.17, 15) is 0 Å². The Morgan fingerprint density at radius 3 is 3.00 bits per heavy atom. The lowest BCUT2D eigenvalue weighted by Crippen LogP contribution is -1.80. The van der Waals surface area contributed by atoms with E-state index in [0.29, 0.717) is 0 Å². The highest BCUT2D eigenvalue weighted by Crippen LogP contribution is 2.35. The summed E-state index contributed by atoms with van der Waals surface area (Å²) in [6.07, 6.45) is 8.93. The Kier molecular flexibility index (Phi) is 0.587. The summed E-state index contributed by atoms with van der Waals surface area (Å²) in [6.45, 7) is 2.13. The smallest absolute Gasteiger partial charge is 0.0205 e. The third-order valence-corrected chi connectivity index (χ3v) is 1.61. The Morgan fingerprint density at radius 2 is 2.38 bits per heavy atom. The van der Waals surface area contributed by atoms with Gasteiger partial charge in [0.2, 0.25) is 0 Å².